The van der Waals surface area contributed by atoms with Gasteiger partial charge in [0.2, 0.25) is 0 Å². The average Bonchev–Trinajstić information content (AvgIpc) is 2.48. The van der Waals surface area contributed by atoms with Crippen LogP contribution < -0.4 is 5.30 Å². The zero-order valence-electron chi connectivity index (χ0n) is 11.8. The van der Waals surface area contributed by atoms with Crippen LogP contribution >= 0.6 is 19.4 Å². The van der Waals surface area contributed by atoms with Crippen molar-refractivity contribution in [2.45, 2.75) is 16.7 Å². The normalized spacial score (nSPS) is 13.5. The lowest BCUT2D eigenvalue weighted by atomic mass is 10.2. The molecule has 0 aromatic heterocycles. The van der Waals surface area contributed by atoms with Gasteiger partial charge in [-0.05, 0) is 55.5 Å². The number of hydrogen-bond donors (Lipinski definition) is 2. The highest BCUT2D eigenvalue weighted by Gasteiger charge is 2.21. The van der Waals surface area contributed by atoms with E-state index in [2.05, 4.69) is 0 Å². The van der Waals surface area contributed by atoms with Crippen molar-refractivity contribution >= 4 is 30.6 Å². The molecule has 5 nitrogen and oxygen atoms in total. The molecule has 0 aliphatic heterocycles. The molecule has 1 unspecified atom stereocenters. The molecule has 0 fully saturated rings. The van der Waals surface area contributed by atoms with E-state index >= 15 is 0 Å². The van der Waals surface area contributed by atoms with Gasteiger partial charge < -0.3 is 14.5 Å². The molecule has 2 N–H and O–H groups in total. The Morgan fingerprint density at radius 3 is 2.05 bits per heavy atom. The highest BCUT2D eigenvalue weighted by atomic mass is 32.2. The van der Waals surface area contributed by atoms with Crippen molar-refractivity contribution in [1.29, 1.82) is 0 Å². The summed E-state index contributed by atoms with van der Waals surface area (Å²) in [5, 5.41) is 9.10. The van der Waals surface area contributed by atoms with E-state index in [1.54, 1.807) is 43.3 Å². The predicted octanol–water partition coefficient (Wildman–Crippen LogP) is 3.38. The topological polar surface area (TPSA) is 83.8 Å². The molecule has 0 amide bonds. The van der Waals surface area contributed by atoms with Crippen LogP contribution in [0.3, 0.4) is 0 Å². The maximum absolute atomic E-state index is 11.9. The van der Waals surface area contributed by atoms with E-state index in [0.29, 0.717) is 0 Å². The fourth-order valence-corrected chi connectivity index (χ4v) is 3.60. The second-order valence-corrected chi connectivity index (χ2v) is 7.33. The summed E-state index contributed by atoms with van der Waals surface area (Å²) in [5.41, 5.74) is 0.234. The van der Waals surface area contributed by atoms with E-state index in [0.717, 1.165) is 9.79 Å². The molecule has 0 saturated heterocycles. The van der Waals surface area contributed by atoms with Crippen molar-refractivity contribution in [3.63, 3.8) is 0 Å². The van der Waals surface area contributed by atoms with Gasteiger partial charge in [0.1, 0.15) is 0 Å². The third-order valence-electron chi connectivity index (χ3n) is 2.80. The van der Waals surface area contributed by atoms with Crippen LogP contribution in [0.25, 0.3) is 0 Å². The smallest absolute Gasteiger partial charge is 0.358 e. The first-order chi connectivity index (χ1) is 10.4. The van der Waals surface area contributed by atoms with Crippen LogP contribution in [0.1, 0.15) is 17.3 Å². The first-order valence-electron chi connectivity index (χ1n) is 6.51. The summed E-state index contributed by atoms with van der Waals surface area (Å²) < 4.78 is 16.7. The lowest BCUT2D eigenvalue weighted by Gasteiger charge is -2.11. The SMILES string of the molecule is CCOP(=O)(O)c1ccc(Sc2ccc(C(=O)O)cc2)cc1. The zero-order valence-corrected chi connectivity index (χ0v) is 13.5. The quantitative estimate of drug-likeness (QED) is 0.786. The Morgan fingerprint density at radius 1 is 1.09 bits per heavy atom. The Hall–Kier alpha value is -1.59. The summed E-state index contributed by atoms with van der Waals surface area (Å²) in [6, 6.07) is 13.1. The first kappa shape index (κ1) is 16.8. The van der Waals surface area contributed by atoms with Crippen LogP contribution in [0.15, 0.2) is 58.3 Å². The summed E-state index contributed by atoms with van der Waals surface area (Å²) in [6.45, 7) is 1.83. The number of hydrogen-bond acceptors (Lipinski definition) is 4. The highest BCUT2D eigenvalue weighted by Crippen LogP contribution is 2.40. The minimum absolute atomic E-state index is 0.167. The number of carbonyl (C=O) groups is 1. The lowest BCUT2D eigenvalue weighted by Crippen LogP contribution is -2.06. The summed E-state index contributed by atoms with van der Waals surface area (Å²) in [6.07, 6.45) is 0. The molecule has 0 bridgehead atoms. The van der Waals surface area contributed by atoms with Crippen LogP contribution in [0.5, 0.6) is 0 Å². The molecule has 2 rings (SSSR count). The maximum Gasteiger partial charge on any atom is 0.358 e. The molecule has 0 radical (unpaired) electrons. The number of benzene rings is 2. The van der Waals surface area contributed by atoms with E-state index < -0.39 is 13.6 Å². The third kappa shape index (κ3) is 4.21. The molecule has 0 aliphatic rings. The van der Waals surface area contributed by atoms with Crippen LogP contribution in [0.2, 0.25) is 0 Å². The zero-order chi connectivity index (χ0) is 16.2. The van der Waals surface area contributed by atoms with Gasteiger partial charge >= 0.3 is 13.6 Å². The molecule has 0 heterocycles. The second kappa shape index (κ2) is 7.11. The molecular formula is C15H15O5PS. The van der Waals surface area contributed by atoms with Crippen LogP contribution in [0, 0.1) is 0 Å². The number of rotatable bonds is 6. The summed E-state index contributed by atoms with van der Waals surface area (Å²) in [4.78, 5) is 22.3. The van der Waals surface area contributed by atoms with Crippen LogP contribution in [0.4, 0.5) is 0 Å². The Bertz CT molecular complexity index is 697. The van der Waals surface area contributed by atoms with E-state index in [4.69, 9.17) is 9.63 Å². The molecule has 0 aliphatic carbocycles. The highest BCUT2D eigenvalue weighted by molar-refractivity contribution is 7.99. The number of carboxylic acids is 1. The van der Waals surface area contributed by atoms with Crippen molar-refractivity contribution in [3.05, 3.63) is 54.1 Å². The third-order valence-corrected chi connectivity index (χ3v) is 5.38. The van der Waals surface area contributed by atoms with Gasteiger partial charge in [0, 0.05) is 9.79 Å². The van der Waals surface area contributed by atoms with Gasteiger partial charge in [0.25, 0.3) is 0 Å². The molecule has 2 aromatic rings. The van der Waals surface area contributed by atoms with Crippen LogP contribution in [-0.4, -0.2) is 22.6 Å². The maximum atomic E-state index is 11.9. The van der Waals surface area contributed by atoms with Crippen molar-refractivity contribution in [3.8, 4) is 0 Å². The van der Waals surface area contributed by atoms with E-state index in [9.17, 15) is 14.3 Å². The Labute approximate surface area is 132 Å². The molecule has 0 saturated carbocycles. The Morgan fingerprint density at radius 2 is 1.59 bits per heavy atom. The van der Waals surface area contributed by atoms with Gasteiger partial charge in [0.15, 0.2) is 0 Å². The van der Waals surface area contributed by atoms with Gasteiger partial charge in [-0.15, -0.1) is 0 Å². The summed E-state index contributed by atoms with van der Waals surface area (Å²) in [7, 11) is -3.74. The minimum Gasteiger partial charge on any atom is -0.478 e. The number of aromatic carboxylic acids is 1. The van der Waals surface area contributed by atoms with Gasteiger partial charge in [0.05, 0.1) is 17.5 Å². The standard InChI is InChI=1S/C15H15O5PS/c1-2-20-21(18,19)12-5-9-14(10-6-12)22-13-7-3-11(4-8-13)15(16)17/h3-10H,2H2,1H3,(H,16,17)(H,18,19). The molecule has 2 aromatic carbocycles. The minimum atomic E-state index is -3.74. The van der Waals surface area contributed by atoms with E-state index in [-0.39, 0.29) is 17.5 Å². The van der Waals surface area contributed by atoms with Crippen molar-refractivity contribution in [2.75, 3.05) is 6.61 Å². The Kier molecular flexibility index (Phi) is 5.42. The molecular weight excluding hydrogens is 323 g/mol. The average molecular weight is 338 g/mol. The molecule has 22 heavy (non-hydrogen) atoms. The molecule has 116 valence electrons. The van der Waals surface area contributed by atoms with Gasteiger partial charge in [-0.2, -0.15) is 0 Å². The van der Waals surface area contributed by atoms with E-state index in [1.807, 2.05) is 0 Å². The fourth-order valence-electron chi connectivity index (χ4n) is 1.75. The number of carboxylic acid groups (broad SMARTS) is 1. The monoisotopic (exact) mass is 338 g/mol. The van der Waals surface area contributed by atoms with E-state index in [1.165, 1.54) is 23.9 Å². The molecule has 7 heteroatoms. The Balaban J connectivity index is 2.11. The van der Waals surface area contributed by atoms with Crippen LogP contribution in [-0.2, 0) is 9.09 Å². The predicted molar refractivity (Wildman–Crippen MR) is 85.1 cm³/mol. The summed E-state index contributed by atoms with van der Waals surface area (Å²) >= 11 is 1.44. The fraction of sp³-hybridized carbons (Fsp3) is 0.133. The second-order valence-electron chi connectivity index (χ2n) is 4.36. The van der Waals surface area contributed by atoms with Crippen molar-refractivity contribution < 1.29 is 23.9 Å². The van der Waals surface area contributed by atoms with Gasteiger partial charge in [-0.25, -0.2) is 4.79 Å². The molecule has 1 atom stereocenters. The summed E-state index contributed by atoms with van der Waals surface area (Å²) in [5.74, 6) is -0.962. The largest absolute Gasteiger partial charge is 0.478 e. The van der Waals surface area contributed by atoms with Crippen molar-refractivity contribution in [2.24, 2.45) is 0 Å². The van der Waals surface area contributed by atoms with Gasteiger partial charge in [-0.1, -0.05) is 11.8 Å². The molecule has 0 spiro atoms. The van der Waals surface area contributed by atoms with Crippen molar-refractivity contribution in [1.82, 2.24) is 0 Å². The lowest BCUT2D eigenvalue weighted by molar-refractivity contribution is 0.0696. The first-order valence-corrected chi connectivity index (χ1v) is 8.91. The van der Waals surface area contributed by atoms with Gasteiger partial charge in [-0.3, -0.25) is 4.57 Å².